The zero-order valence-corrected chi connectivity index (χ0v) is 11.6. The summed E-state index contributed by atoms with van der Waals surface area (Å²) in [5.41, 5.74) is 6.28. The van der Waals surface area contributed by atoms with Gasteiger partial charge in [0.2, 0.25) is 11.8 Å². The molecule has 1 aromatic carbocycles. The van der Waals surface area contributed by atoms with Crippen LogP contribution in [0.4, 0.5) is 5.69 Å². The first kappa shape index (κ1) is 16.4. The standard InChI is InChI=1S/C14H17N3O4/c1-21-14(20)7-6-10-4-2-3-5-11(10)17-13(19)9-16-12(18)8-15/h2-7H,8-9,15H2,1H3,(H,16,18)(H,17,19)/b7-6+. The molecule has 0 saturated heterocycles. The summed E-state index contributed by atoms with van der Waals surface area (Å²) >= 11 is 0. The Labute approximate surface area is 122 Å². The first-order valence-electron chi connectivity index (χ1n) is 6.18. The van der Waals surface area contributed by atoms with Crippen molar-refractivity contribution < 1.29 is 19.1 Å². The first-order valence-corrected chi connectivity index (χ1v) is 6.18. The fourth-order valence-corrected chi connectivity index (χ4v) is 1.43. The van der Waals surface area contributed by atoms with Gasteiger partial charge in [0.1, 0.15) is 0 Å². The molecule has 0 aliphatic rings. The molecule has 0 unspecified atom stereocenters. The van der Waals surface area contributed by atoms with Crippen LogP contribution in [-0.4, -0.2) is 38.0 Å². The summed E-state index contributed by atoms with van der Waals surface area (Å²) in [7, 11) is 1.28. The number of rotatable bonds is 6. The molecule has 0 fully saturated rings. The van der Waals surface area contributed by atoms with E-state index in [1.807, 2.05) is 0 Å². The molecular weight excluding hydrogens is 274 g/mol. The van der Waals surface area contributed by atoms with E-state index < -0.39 is 17.8 Å². The number of methoxy groups -OCH3 is 1. The Morgan fingerprint density at radius 2 is 1.95 bits per heavy atom. The Bertz CT molecular complexity index is 555. The SMILES string of the molecule is COC(=O)/C=C/c1ccccc1NC(=O)CNC(=O)CN. The monoisotopic (exact) mass is 291 g/mol. The summed E-state index contributed by atoms with van der Waals surface area (Å²) < 4.78 is 4.50. The van der Waals surface area contributed by atoms with Gasteiger partial charge in [-0.3, -0.25) is 9.59 Å². The topological polar surface area (TPSA) is 111 Å². The normalized spacial score (nSPS) is 10.2. The fraction of sp³-hybridized carbons (Fsp3) is 0.214. The lowest BCUT2D eigenvalue weighted by Crippen LogP contribution is -2.36. The van der Waals surface area contributed by atoms with E-state index in [2.05, 4.69) is 15.4 Å². The molecule has 0 aliphatic carbocycles. The number of para-hydroxylation sites is 1. The van der Waals surface area contributed by atoms with Gasteiger partial charge >= 0.3 is 5.97 Å². The van der Waals surface area contributed by atoms with Crippen LogP contribution in [0.25, 0.3) is 6.08 Å². The first-order chi connectivity index (χ1) is 10.1. The summed E-state index contributed by atoms with van der Waals surface area (Å²) in [5, 5.41) is 5.00. The number of anilines is 1. The molecule has 0 aromatic heterocycles. The molecule has 0 atom stereocenters. The number of hydrogen-bond acceptors (Lipinski definition) is 5. The number of amides is 2. The van der Waals surface area contributed by atoms with Crippen LogP contribution in [0.15, 0.2) is 30.3 Å². The molecule has 112 valence electrons. The van der Waals surface area contributed by atoms with Gasteiger partial charge in [0.05, 0.1) is 20.2 Å². The van der Waals surface area contributed by atoms with Crippen molar-refractivity contribution in [3.05, 3.63) is 35.9 Å². The van der Waals surface area contributed by atoms with E-state index in [0.29, 0.717) is 11.3 Å². The van der Waals surface area contributed by atoms with Gasteiger partial charge in [0.25, 0.3) is 0 Å². The molecule has 1 rings (SSSR count). The predicted octanol–water partition coefficient (Wildman–Crippen LogP) is -0.114. The van der Waals surface area contributed by atoms with E-state index in [1.54, 1.807) is 24.3 Å². The predicted molar refractivity (Wildman–Crippen MR) is 78.2 cm³/mol. The second-order valence-electron chi connectivity index (χ2n) is 3.97. The summed E-state index contributed by atoms with van der Waals surface area (Å²) in [5.74, 6) is -1.30. The van der Waals surface area contributed by atoms with E-state index >= 15 is 0 Å². The molecule has 2 amide bonds. The van der Waals surface area contributed by atoms with E-state index in [9.17, 15) is 14.4 Å². The lowest BCUT2D eigenvalue weighted by molar-refractivity contribution is -0.134. The van der Waals surface area contributed by atoms with Gasteiger partial charge in [-0.2, -0.15) is 0 Å². The second-order valence-corrected chi connectivity index (χ2v) is 3.97. The van der Waals surface area contributed by atoms with Crippen LogP contribution in [0.1, 0.15) is 5.56 Å². The number of benzene rings is 1. The number of esters is 1. The lowest BCUT2D eigenvalue weighted by Gasteiger charge is -2.09. The second kappa shape index (κ2) is 8.49. The molecule has 0 heterocycles. The number of carbonyl (C=O) groups excluding carboxylic acids is 3. The highest BCUT2D eigenvalue weighted by Crippen LogP contribution is 2.16. The van der Waals surface area contributed by atoms with Gasteiger partial charge in [-0.1, -0.05) is 18.2 Å². The minimum absolute atomic E-state index is 0.175. The van der Waals surface area contributed by atoms with Crippen LogP contribution >= 0.6 is 0 Å². The molecule has 0 radical (unpaired) electrons. The zero-order chi connectivity index (χ0) is 15.7. The van der Waals surface area contributed by atoms with Crippen molar-refractivity contribution in [2.24, 2.45) is 5.73 Å². The Kier molecular flexibility index (Phi) is 6.62. The molecule has 0 bridgehead atoms. The van der Waals surface area contributed by atoms with Gasteiger partial charge in [-0.05, 0) is 17.7 Å². The van der Waals surface area contributed by atoms with Crippen LogP contribution in [0.5, 0.6) is 0 Å². The number of nitrogens with two attached hydrogens (primary N) is 1. The van der Waals surface area contributed by atoms with Crippen LogP contribution in [-0.2, 0) is 19.1 Å². The smallest absolute Gasteiger partial charge is 0.330 e. The number of carbonyl (C=O) groups is 3. The maximum absolute atomic E-state index is 11.7. The third-order valence-corrected chi connectivity index (χ3v) is 2.47. The summed E-state index contributed by atoms with van der Waals surface area (Å²) in [6.07, 6.45) is 2.78. The minimum atomic E-state index is -0.494. The van der Waals surface area contributed by atoms with Crippen molar-refractivity contribution in [2.75, 3.05) is 25.5 Å². The summed E-state index contributed by atoms with van der Waals surface area (Å²) in [4.78, 5) is 33.7. The third kappa shape index (κ3) is 5.87. The van der Waals surface area contributed by atoms with Crippen molar-refractivity contribution in [2.45, 2.75) is 0 Å². The third-order valence-electron chi connectivity index (χ3n) is 2.47. The van der Waals surface area contributed by atoms with Crippen molar-refractivity contribution in [1.29, 1.82) is 0 Å². The molecule has 4 N–H and O–H groups in total. The minimum Gasteiger partial charge on any atom is -0.466 e. The molecule has 7 nitrogen and oxygen atoms in total. The highest BCUT2D eigenvalue weighted by Gasteiger charge is 2.06. The highest BCUT2D eigenvalue weighted by molar-refractivity contribution is 5.97. The molecular formula is C14H17N3O4. The Hall–Kier alpha value is -2.67. The number of hydrogen-bond donors (Lipinski definition) is 3. The van der Waals surface area contributed by atoms with E-state index in [-0.39, 0.29) is 13.1 Å². The molecule has 0 aliphatic heterocycles. The summed E-state index contributed by atoms with van der Waals surface area (Å²) in [6.45, 7) is -0.350. The van der Waals surface area contributed by atoms with Gasteiger partial charge in [-0.25, -0.2) is 4.79 Å². The molecule has 7 heteroatoms. The average Bonchev–Trinajstić information content (AvgIpc) is 2.51. The summed E-state index contributed by atoms with van der Waals surface area (Å²) in [6, 6.07) is 6.92. The van der Waals surface area contributed by atoms with Crippen molar-refractivity contribution >= 4 is 29.5 Å². The van der Waals surface area contributed by atoms with Crippen molar-refractivity contribution in [3.63, 3.8) is 0 Å². The quantitative estimate of drug-likeness (QED) is 0.500. The lowest BCUT2D eigenvalue weighted by atomic mass is 10.1. The van der Waals surface area contributed by atoms with Crippen LogP contribution in [0.2, 0.25) is 0 Å². The number of nitrogens with one attached hydrogen (secondary N) is 2. The van der Waals surface area contributed by atoms with E-state index in [1.165, 1.54) is 19.3 Å². The van der Waals surface area contributed by atoms with Crippen molar-refractivity contribution in [1.82, 2.24) is 5.32 Å². The van der Waals surface area contributed by atoms with Crippen LogP contribution in [0, 0.1) is 0 Å². The van der Waals surface area contributed by atoms with Gasteiger partial charge < -0.3 is 21.1 Å². The molecule has 1 aromatic rings. The van der Waals surface area contributed by atoms with Gasteiger partial charge in [-0.15, -0.1) is 0 Å². The number of ether oxygens (including phenoxy) is 1. The molecule has 0 saturated carbocycles. The maximum atomic E-state index is 11.7. The van der Waals surface area contributed by atoms with E-state index in [0.717, 1.165) is 0 Å². The highest BCUT2D eigenvalue weighted by atomic mass is 16.5. The fourth-order valence-electron chi connectivity index (χ4n) is 1.43. The molecule has 21 heavy (non-hydrogen) atoms. The van der Waals surface area contributed by atoms with Gasteiger partial charge in [0.15, 0.2) is 0 Å². The van der Waals surface area contributed by atoms with Crippen LogP contribution < -0.4 is 16.4 Å². The molecule has 0 spiro atoms. The largest absolute Gasteiger partial charge is 0.466 e. The maximum Gasteiger partial charge on any atom is 0.330 e. The van der Waals surface area contributed by atoms with Crippen molar-refractivity contribution in [3.8, 4) is 0 Å². The average molecular weight is 291 g/mol. The van der Waals surface area contributed by atoms with Gasteiger partial charge in [0, 0.05) is 11.8 Å². The zero-order valence-electron chi connectivity index (χ0n) is 11.6. The Balaban J connectivity index is 2.70. The Morgan fingerprint density at radius 1 is 1.24 bits per heavy atom. The van der Waals surface area contributed by atoms with E-state index in [4.69, 9.17) is 5.73 Å². The Morgan fingerprint density at radius 3 is 2.62 bits per heavy atom. The van der Waals surface area contributed by atoms with Crippen LogP contribution in [0.3, 0.4) is 0 Å².